The molecule has 3 aromatic rings. The van der Waals surface area contributed by atoms with Gasteiger partial charge < -0.3 is 18.8 Å². The summed E-state index contributed by atoms with van der Waals surface area (Å²) in [6.45, 7) is 1.09. The largest absolute Gasteiger partial charge is 0.479 e. The number of aromatic nitrogens is 2. The van der Waals surface area contributed by atoms with Crippen molar-refractivity contribution in [3.63, 3.8) is 0 Å². The van der Waals surface area contributed by atoms with E-state index in [1.165, 1.54) is 10.6 Å². The molecule has 0 atom stereocenters. The number of likely N-dealkylation sites (tertiary alicyclic amines) is 1. The molecule has 2 aliphatic heterocycles. The van der Waals surface area contributed by atoms with Crippen molar-refractivity contribution in [1.29, 1.82) is 0 Å². The Morgan fingerprint density at radius 3 is 2.69 bits per heavy atom. The first-order valence-corrected chi connectivity index (χ1v) is 9.98. The van der Waals surface area contributed by atoms with Crippen molar-refractivity contribution < 1.29 is 9.53 Å². The van der Waals surface area contributed by atoms with Crippen LogP contribution in [0.3, 0.4) is 0 Å². The van der Waals surface area contributed by atoms with Gasteiger partial charge in [0, 0.05) is 56.3 Å². The number of carbonyl (C=O) groups is 1. The number of amides is 1. The molecule has 2 aliphatic rings. The fourth-order valence-electron chi connectivity index (χ4n) is 4.36. The van der Waals surface area contributed by atoms with Gasteiger partial charge in [-0.15, -0.1) is 0 Å². The summed E-state index contributed by atoms with van der Waals surface area (Å²) in [6.07, 6.45) is 3.36. The number of fused-ring (bicyclic) bond motifs is 4. The number of halogens is 1. The minimum absolute atomic E-state index is 0.130. The summed E-state index contributed by atoms with van der Waals surface area (Å²) < 4.78 is 10.0. The monoisotopic (exact) mass is 409 g/mol. The SMILES string of the molecule is Cn1c(C(=O)N2CCC3(CC2)Oc2cc(Cl)ccc2-n2cccc23)cccc1=O. The number of hydrogen-bond donors (Lipinski definition) is 0. The second-order valence-electron chi connectivity index (χ2n) is 7.57. The number of benzene rings is 1. The third-order valence-electron chi connectivity index (χ3n) is 5.96. The van der Waals surface area contributed by atoms with Crippen LogP contribution in [0.1, 0.15) is 29.0 Å². The lowest BCUT2D eigenvalue weighted by molar-refractivity contribution is -0.00956. The van der Waals surface area contributed by atoms with E-state index in [9.17, 15) is 9.59 Å². The molecule has 0 radical (unpaired) electrons. The van der Waals surface area contributed by atoms with Gasteiger partial charge in [0.1, 0.15) is 11.4 Å². The smallest absolute Gasteiger partial charge is 0.270 e. The van der Waals surface area contributed by atoms with Crippen LogP contribution >= 0.6 is 11.6 Å². The minimum Gasteiger partial charge on any atom is -0.479 e. The maximum atomic E-state index is 13.0. The van der Waals surface area contributed by atoms with Gasteiger partial charge in [-0.3, -0.25) is 9.59 Å². The summed E-state index contributed by atoms with van der Waals surface area (Å²) in [7, 11) is 1.62. The van der Waals surface area contributed by atoms with Gasteiger partial charge in [-0.25, -0.2) is 0 Å². The highest BCUT2D eigenvalue weighted by Crippen LogP contribution is 2.45. The molecular formula is C22H20ClN3O3. The summed E-state index contributed by atoms with van der Waals surface area (Å²) in [6, 6.07) is 14.5. The van der Waals surface area contributed by atoms with E-state index in [1.807, 2.05) is 30.5 Å². The molecule has 1 saturated heterocycles. The molecule has 29 heavy (non-hydrogen) atoms. The zero-order chi connectivity index (χ0) is 20.2. The van der Waals surface area contributed by atoms with Crippen LogP contribution in [-0.2, 0) is 12.6 Å². The maximum absolute atomic E-state index is 13.0. The van der Waals surface area contributed by atoms with Gasteiger partial charge in [0.25, 0.3) is 11.5 Å². The molecule has 1 fully saturated rings. The van der Waals surface area contributed by atoms with E-state index < -0.39 is 5.60 Å². The van der Waals surface area contributed by atoms with Crippen molar-refractivity contribution in [3.05, 3.63) is 81.5 Å². The number of ether oxygens (including phenoxy) is 1. The summed E-state index contributed by atoms with van der Waals surface area (Å²) >= 11 is 6.20. The van der Waals surface area contributed by atoms with E-state index in [2.05, 4.69) is 10.6 Å². The number of carbonyl (C=O) groups excluding carboxylic acids is 1. The van der Waals surface area contributed by atoms with E-state index in [-0.39, 0.29) is 11.5 Å². The van der Waals surface area contributed by atoms with Crippen molar-refractivity contribution in [2.45, 2.75) is 18.4 Å². The first-order chi connectivity index (χ1) is 14.0. The normalized spacial score (nSPS) is 16.8. The number of rotatable bonds is 1. The summed E-state index contributed by atoms with van der Waals surface area (Å²) in [5, 5.41) is 0.632. The Morgan fingerprint density at radius 1 is 1.10 bits per heavy atom. The van der Waals surface area contributed by atoms with Crippen LogP contribution in [0, 0.1) is 0 Å². The standard InChI is InChI=1S/C22H20ClN3O3/c1-24-17(4-2-6-20(24)27)21(28)25-12-9-22(10-13-25)19-5-3-11-26(19)16-8-7-15(23)14-18(16)29-22/h2-8,11,14H,9-10,12-13H2,1H3. The number of nitrogens with zero attached hydrogens (tertiary/aromatic N) is 3. The molecular weight excluding hydrogens is 390 g/mol. The topological polar surface area (TPSA) is 56.5 Å². The molecule has 148 valence electrons. The highest BCUT2D eigenvalue weighted by Gasteiger charge is 2.44. The highest BCUT2D eigenvalue weighted by atomic mass is 35.5. The van der Waals surface area contributed by atoms with Crippen molar-refractivity contribution >= 4 is 17.5 Å². The fraction of sp³-hybridized carbons (Fsp3) is 0.273. The predicted molar refractivity (Wildman–Crippen MR) is 110 cm³/mol. The number of pyridine rings is 1. The summed E-state index contributed by atoms with van der Waals surface area (Å²) in [5.74, 6) is 0.626. The highest BCUT2D eigenvalue weighted by molar-refractivity contribution is 6.30. The molecule has 0 aliphatic carbocycles. The Kier molecular flexibility index (Phi) is 4.06. The molecule has 0 saturated carbocycles. The molecule has 2 aromatic heterocycles. The number of piperidine rings is 1. The van der Waals surface area contributed by atoms with Gasteiger partial charge in [0.05, 0.1) is 11.4 Å². The van der Waals surface area contributed by atoms with Crippen LogP contribution in [0.15, 0.2) is 59.5 Å². The van der Waals surface area contributed by atoms with Gasteiger partial charge in [-0.05, 0) is 30.3 Å². The van der Waals surface area contributed by atoms with E-state index in [0.29, 0.717) is 36.6 Å². The molecule has 0 N–H and O–H groups in total. The van der Waals surface area contributed by atoms with E-state index in [0.717, 1.165) is 17.1 Å². The van der Waals surface area contributed by atoms with Crippen LogP contribution in [0.4, 0.5) is 0 Å². The lowest BCUT2D eigenvalue weighted by Gasteiger charge is -2.45. The molecule has 1 spiro atoms. The van der Waals surface area contributed by atoms with Crippen LogP contribution in [0.5, 0.6) is 5.75 Å². The van der Waals surface area contributed by atoms with Crippen molar-refractivity contribution in [2.24, 2.45) is 7.05 Å². The van der Waals surface area contributed by atoms with Crippen LogP contribution in [-0.4, -0.2) is 33.0 Å². The van der Waals surface area contributed by atoms with Crippen LogP contribution in [0.2, 0.25) is 5.02 Å². The van der Waals surface area contributed by atoms with Gasteiger partial charge >= 0.3 is 0 Å². The van der Waals surface area contributed by atoms with E-state index in [4.69, 9.17) is 16.3 Å². The summed E-state index contributed by atoms with van der Waals surface area (Å²) in [5.41, 5.74) is 1.77. The molecule has 4 heterocycles. The Morgan fingerprint density at radius 2 is 1.90 bits per heavy atom. The second-order valence-corrected chi connectivity index (χ2v) is 8.01. The average Bonchev–Trinajstić information content (AvgIpc) is 3.21. The first kappa shape index (κ1) is 18.1. The Labute approximate surface area is 172 Å². The van der Waals surface area contributed by atoms with Gasteiger partial charge in [0.15, 0.2) is 5.60 Å². The fourth-order valence-corrected chi connectivity index (χ4v) is 4.53. The third-order valence-corrected chi connectivity index (χ3v) is 6.20. The second kappa shape index (κ2) is 6.52. The minimum atomic E-state index is -0.499. The zero-order valence-electron chi connectivity index (χ0n) is 16.0. The zero-order valence-corrected chi connectivity index (χ0v) is 16.7. The Bertz CT molecular complexity index is 1170. The Balaban J connectivity index is 1.44. The lowest BCUT2D eigenvalue weighted by Crippen LogP contribution is -2.50. The molecule has 6 nitrogen and oxygen atoms in total. The molecule has 0 unspecified atom stereocenters. The van der Waals surface area contributed by atoms with Crippen molar-refractivity contribution in [1.82, 2.24) is 14.0 Å². The van der Waals surface area contributed by atoms with E-state index in [1.54, 1.807) is 24.1 Å². The summed E-state index contributed by atoms with van der Waals surface area (Å²) in [4.78, 5) is 26.7. The van der Waals surface area contributed by atoms with Gasteiger partial charge in [-0.1, -0.05) is 17.7 Å². The number of hydrogen-bond acceptors (Lipinski definition) is 3. The quantitative estimate of drug-likeness (QED) is 0.619. The van der Waals surface area contributed by atoms with E-state index >= 15 is 0 Å². The first-order valence-electron chi connectivity index (χ1n) is 9.61. The van der Waals surface area contributed by atoms with Gasteiger partial charge in [-0.2, -0.15) is 0 Å². The van der Waals surface area contributed by atoms with Crippen molar-refractivity contribution in [2.75, 3.05) is 13.1 Å². The van der Waals surface area contributed by atoms with Gasteiger partial charge in [0.2, 0.25) is 0 Å². The molecule has 5 rings (SSSR count). The maximum Gasteiger partial charge on any atom is 0.270 e. The Hall–Kier alpha value is -2.99. The third kappa shape index (κ3) is 2.78. The molecule has 1 amide bonds. The lowest BCUT2D eigenvalue weighted by atomic mass is 9.86. The van der Waals surface area contributed by atoms with Crippen LogP contribution < -0.4 is 10.3 Å². The molecule has 7 heteroatoms. The van der Waals surface area contributed by atoms with Crippen molar-refractivity contribution in [3.8, 4) is 11.4 Å². The molecule has 0 bridgehead atoms. The predicted octanol–water partition coefficient (Wildman–Crippen LogP) is 3.35. The average molecular weight is 410 g/mol. The molecule has 1 aromatic carbocycles. The van der Waals surface area contributed by atoms with Crippen LogP contribution in [0.25, 0.3) is 5.69 Å².